The van der Waals surface area contributed by atoms with Gasteiger partial charge in [-0.05, 0) is 47.7 Å². The fraction of sp³-hybridized carbons (Fsp3) is 0.105. The minimum Gasteiger partial charge on any atom is -0.457 e. The van der Waals surface area contributed by atoms with Gasteiger partial charge in [-0.25, -0.2) is 0 Å². The summed E-state index contributed by atoms with van der Waals surface area (Å²) in [5.41, 5.74) is 0.549. The lowest BCUT2D eigenvalue weighted by Gasteiger charge is -2.12. The van der Waals surface area contributed by atoms with Gasteiger partial charge < -0.3 is 4.74 Å². The van der Waals surface area contributed by atoms with E-state index in [4.69, 9.17) is 4.74 Å². The standard InChI is InChI=1S/C19H12F3NO4S/c20-19(21,22)16(24)11-23-17(25)15(28-18(23)26)10-12-6-8-14(9-7-12)27-13-4-2-1-3-5-13/h1-10H,11H2/b15-10-. The highest BCUT2D eigenvalue weighted by atomic mass is 32.2. The number of Topliss-reactive ketones (excluding diaryl/α,β-unsaturated/α-hetero) is 1. The van der Waals surface area contributed by atoms with Crippen LogP contribution in [0.2, 0.25) is 0 Å². The van der Waals surface area contributed by atoms with E-state index in [1.165, 1.54) is 6.08 Å². The van der Waals surface area contributed by atoms with Crippen molar-refractivity contribution in [1.82, 2.24) is 4.90 Å². The lowest BCUT2D eigenvalue weighted by molar-refractivity contribution is -0.171. The molecule has 1 heterocycles. The number of amides is 2. The second-order valence-corrected chi connectivity index (χ2v) is 6.67. The number of carbonyl (C=O) groups is 3. The number of alkyl halides is 3. The zero-order valence-corrected chi connectivity index (χ0v) is 14.9. The maximum absolute atomic E-state index is 12.4. The molecule has 1 fully saturated rings. The van der Waals surface area contributed by atoms with Crippen LogP contribution in [0.5, 0.6) is 11.5 Å². The quantitative estimate of drug-likeness (QED) is 0.676. The van der Waals surface area contributed by atoms with Crippen LogP contribution in [0.1, 0.15) is 5.56 Å². The Morgan fingerprint density at radius 3 is 2.21 bits per heavy atom. The zero-order chi connectivity index (χ0) is 20.3. The normalized spacial score (nSPS) is 16.0. The third-order valence-electron chi connectivity index (χ3n) is 3.65. The largest absolute Gasteiger partial charge is 0.457 e. The average Bonchev–Trinajstić information content (AvgIpc) is 2.91. The molecule has 2 aromatic rings. The first-order chi connectivity index (χ1) is 13.2. The van der Waals surface area contributed by atoms with Crippen LogP contribution >= 0.6 is 11.8 Å². The molecule has 9 heteroatoms. The molecule has 28 heavy (non-hydrogen) atoms. The zero-order valence-electron chi connectivity index (χ0n) is 14.1. The van der Waals surface area contributed by atoms with Gasteiger partial charge in [0.2, 0.25) is 0 Å². The summed E-state index contributed by atoms with van der Waals surface area (Å²) in [5.74, 6) is -1.89. The van der Waals surface area contributed by atoms with Gasteiger partial charge in [-0.15, -0.1) is 0 Å². The lowest BCUT2D eigenvalue weighted by Crippen LogP contribution is -2.39. The van der Waals surface area contributed by atoms with Gasteiger partial charge in [0.25, 0.3) is 16.9 Å². The van der Waals surface area contributed by atoms with Crippen molar-refractivity contribution in [3.05, 3.63) is 65.1 Å². The molecule has 1 saturated heterocycles. The molecule has 0 N–H and O–H groups in total. The smallest absolute Gasteiger partial charge is 0.451 e. The van der Waals surface area contributed by atoms with E-state index in [1.807, 2.05) is 18.2 Å². The van der Waals surface area contributed by atoms with E-state index in [9.17, 15) is 27.6 Å². The van der Waals surface area contributed by atoms with Gasteiger partial charge in [-0.2, -0.15) is 13.2 Å². The van der Waals surface area contributed by atoms with E-state index < -0.39 is 29.7 Å². The molecule has 2 aromatic carbocycles. The number of ketones is 1. The fourth-order valence-electron chi connectivity index (χ4n) is 2.28. The topological polar surface area (TPSA) is 63.7 Å². The monoisotopic (exact) mass is 407 g/mol. The number of para-hydroxylation sites is 1. The van der Waals surface area contributed by atoms with Crippen LogP contribution < -0.4 is 4.74 Å². The predicted octanol–water partition coefficient (Wildman–Crippen LogP) is 4.65. The van der Waals surface area contributed by atoms with Crippen LogP contribution in [0.25, 0.3) is 6.08 Å². The molecule has 0 aromatic heterocycles. The molecule has 144 valence electrons. The summed E-state index contributed by atoms with van der Waals surface area (Å²) in [6, 6.07) is 15.6. The summed E-state index contributed by atoms with van der Waals surface area (Å²) in [7, 11) is 0. The molecule has 0 unspecified atom stereocenters. The van der Waals surface area contributed by atoms with E-state index in [0.29, 0.717) is 33.7 Å². The fourth-order valence-corrected chi connectivity index (χ4v) is 3.12. The van der Waals surface area contributed by atoms with E-state index in [-0.39, 0.29) is 4.91 Å². The minimum atomic E-state index is -5.10. The molecule has 0 saturated carbocycles. The second-order valence-electron chi connectivity index (χ2n) is 5.67. The Morgan fingerprint density at radius 1 is 1.00 bits per heavy atom. The number of rotatable bonds is 5. The lowest BCUT2D eigenvalue weighted by atomic mass is 10.2. The predicted molar refractivity (Wildman–Crippen MR) is 96.7 cm³/mol. The van der Waals surface area contributed by atoms with E-state index >= 15 is 0 Å². The highest BCUT2D eigenvalue weighted by molar-refractivity contribution is 8.18. The van der Waals surface area contributed by atoms with Crippen molar-refractivity contribution in [2.24, 2.45) is 0 Å². The summed E-state index contributed by atoms with van der Waals surface area (Å²) in [4.78, 5) is 35.2. The summed E-state index contributed by atoms with van der Waals surface area (Å²) >= 11 is 0.484. The Bertz CT molecular complexity index is 940. The molecule has 5 nitrogen and oxygen atoms in total. The first kappa shape index (κ1) is 19.7. The summed E-state index contributed by atoms with van der Waals surface area (Å²) in [6.07, 6.45) is -3.73. The molecule has 1 aliphatic heterocycles. The van der Waals surface area contributed by atoms with Crippen molar-refractivity contribution in [3.8, 4) is 11.5 Å². The molecule has 3 rings (SSSR count). The second kappa shape index (κ2) is 7.89. The minimum absolute atomic E-state index is 0.0586. The Kier molecular flexibility index (Phi) is 5.55. The first-order valence-electron chi connectivity index (χ1n) is 7.92. The molecule has 1 aliphatic rings. The molecule has 0 aliphatic carbocycles. The Morgan fingerprint density at radius 2 is 1.61 bits per heavy atom. The number of hydrogen-bond acceptors (Lipinski definition) is 5. The van der Waals surface area contributed by atoms with Crippen molar-refractivity contribution in [3.63, 3.8) is 0 Å². The van der Waals surface area contributed by atoms with E-state index in [2.05, 4.69) is 0 Å². The number of hydrogen-bond donors (Lipinski definition) is 0. The van der Waals surface area contributed by atoms with E-state index in [0.717, 1.165) is 0 Å². The van der Waals surface area contributed by atoms with Gasteiger partial charge in [-0.3, -0.25) is 19.3 Å². The molecular weight excluding hydrogens is 395 g/mol. The van der Waals surface area contributed by atoms with Gasteiger partial charge in [0.15, 0.2) is 0 Å². The third kappa shape index (κ3) is 4.61. The highest BCUT2D eigenvalue weighted by Gasteiger charge is 2.44. The SMILES string of the molecule is O=C1S/C(=C\c2ccc(Oc3ccccc3)cc2)C(=O)N1CC(=O)C(F)(F)F. The maximum atomic E-state index is 12.4. The molecule has 0 spiro atoms. The Balaban J connectivity index is 1.70. The van der Waals surface area contributed by atoms with Crippen LogP contribution in [0, 0.1) is 0 Å². The summed E-state index contributed by atoms with van der Waals surface area (Å²) in [5, 5.41) is -0.919. The van der Waals surface area contributed by atoms with Crippen LogP contribution in [-0.2, 0) is 9.59 Å². The van der Waals surface area contributed by atoms with Gasteiger partial charge in [0, 0.05) is 0 Å². The Hall–Kier alpha value is -3.07. The average molecular weight is 407 g/mol. The van der Waals surface area contributed by atoms with Crippen LogP contribution in [-0.4, -0.2) is 34.6 Å². The van der Waals surface area contributed by atoms with Gasteiger partial charge in [-0.1, -0.05) is 30.3 Å². The number of benzene rings is 2. The first-order valence-corrected chi connectivity index (χ1v) is 8.74. The third-order valence-corrected chi connectivity index (χ3v) is 4.56. The molecule has 0 radical (unpaired) electrons. The van der Waals surface area contributed by atoms with Crippen LogP contribution in [0.3, 0.4) is 0 Å². The van der Waals surface area contributed by atoms with Crippen molar-refractivity contribution in [1.29, 1.82) is 0 Å². The molecular formula is C19H12F3NO4S. The maximum Gasteiger partial charge on any atom is 0.451 e. The summed E-state index contributed by atoms with van der Waals surface area (Å²) in [6.45, 7) is -1.32. The molecule has 0 atom stereocenters. The van der Waals surface area contributed by atoms with Crippen LogP contribution in [0.4, 0.5) is 18.0 Å². The van der Waals surface area contributed by atoms with Crippen LogP contribution in [0.15, 0.2) is 59.5 Å². The number of imide groups is 1. The highest BCUT2D eigenvalue weighted by Crippen LogP contribution is 2.33. The Labute approximate surface area is 161 Å². The van der Waals surface area contributed by atoms with Crippen molar-refractivity contribution < 1.29 is 32.3 Å². The number of thioether (sulfide) groups is 1. The van der Waals surface area contributed by atoms with Crippen molar-refractivity contribution in [2.75, 3.05) is 6.54 Å². The molecule has 0 bridgehead atoms. The van der Waals surface area contributed by atoms with Gasteiger partial charge >= 0.3 is 6.18 Å². The summed E-state index contributed by atoms with van der Waals surface area (Å²) < 4.78 is 42.7. The van der Waals surface area contributed by atoms with Gasteiger partial charge in [0.1, 0.15) is 11.5 Å². The van der Waals surface area contributed by atoms with E-state index in [1.54, 1.807) is 36.4 Å². The number of carbonyl (C=O) groups excluding carboxylic acids is 3. The van der Waals surface area contributed by atoms with Crippen molar-refractivity contribution >= 4 is 34.8 Å². The van der Waals surface area contributed by atoms with Crippen molar-refractivity contribution in [2.45, 2.75) is 6.18 Å². The van der Waals surface area contributed by atoms with Gasteiger partial charge in [0.05, 0.1) is 11.4 Å². The molecule has 2 amide bonds. The number of halogens is 3. The number of nitrogens with zero attached hydrogens (tertiary/aromatic N) is 1. The number of ether oxygens (including phenoxy) is 1.